The fourth-order valence-electron chi connectivity index (χ4n) is 2.46. The Balaban J connectivity index is 1.97. The summed E-state index contributed by atoms with van der Waals surface area (Å²) in [5, 5.41) is 7.22. The molecule has 0 aliphatic carbocycles. The summed E-state index contributed by atoms with van der Waals surface area (Å²) in [5.41, 5.74) is 7.34. The zero-order valence-electron chi connectivity index (χ0n) is 13.7. The lowest BCUT2D eigenvalue weighted by Gasteiger charge is -2.17. The van der Waals surface area contributed by atoms with Gasteiger partial charge in [-0.2, -0.15) is 5.10 Å². The number of nitrogens with zero attached hydrogens (tertiary/aromatic N) is 2. The predicted molar refractivity (Wildman–Crippen MR) is 89.1 cm³/mol. The summed E-state index contributed by atoms with van der Waals surface area (Å²) in [7, 11) is 1.88. The molecule has 0 spiro atoms. The highest BCUT2D eigenvalue weighted by molar-refractivity contribution is 5.79. The summed E-state index contributed by atoms with van der Waals surface area (Å²) < 4.78 is 7.27. The van der Waals surface area contributed by atoms with E-state index in [4.69, 9.17) is 10.5 Å². The van der Waals surface area contributed by atoms with Crippen LogP contribution in [0.25, 0.3) is 0 Å². The Kier molecular flexibility index (Phi) is 6.17. The third-order valence-corrected chi connectivity index (χ3v) is 3.61. The first-order chi connectivity index (χ1) is 11.1. The third kappa shape index (κ3) is 4.82. The standard InChI is InChI=1S/C17H24N4O2/c1-3-15(16-7-9-19-21(16)2)20-17(22)12-13-5-4-6-14(11-13)23-10-8-18/h4-7,9,11,15H,3,8,10,12,18H2,1-2H3,(H,20,22)/t15-/m0/s1. The molecular formula is C17H24N4O2. The normalized spacial score (nSPS) is 12.0. The van der Waals surface area contributed by atoms with Crippen LogP contribution in [0.2, 0.25) is 0 Å². The average molecular weight is 316 g/mol. The van der Waals surface area contributed by atoms with E-state index in [0.717, 1.165) is 23.4 Å². The molecule has 0 saturated heterocycles. The Morgan fingerprint density at radius 3 is 2.91 bits per heavy atom. The Morgan fingerprint density at radius 1 is 1.43 bits per heavy atom. The van der Waals surface area contributed by atoms with Gasteiger partial charge in [-0.15, -0.1) is 0 Å². The van der Waals surface area contributed by atoms with Crippen molar-refractivity contribution in [2.75, 3.05) is 13.2 Å². The number of rotatable bonds is 8. The van der Waals surface area contributed by atoms with Gasteiger partial charge in [0.05, 0.1) is 18.2 Å². The van der Waals surface area contributed by atoms with Crippen LogP contribution in [0.4, 0.5) is 0 Å². The van der Waals surface area contributed by atoms with Crippen molar-refractivity contribution in [1.82, 2.24) is 15.1 Å². The van der Waals surface area contributed by atoms with Gasteiger partial charge in [0, 0.05) is 19.8 Å². The molecule has 0 unspecified atom stereocenters. The van der Waals surface area contributed by atoms with Gasteiger partial charge in [0.25, 0.3) is 0 Å². The van der Waals surface area contributed by atoms with Crippen molar-refractivity contribution < 1.29 is 9.53 Å². The second-order valence-corrected chi connectivity index (χ2v) is 5.37. The molecule has 0 aliphatic heterocycles. The molecule has 1 aromatic carbocycles. The number of benzene rings is 1. The minimum absolute atomic E-state index is 0.0194. The molecule has 2 aromatic rings. The van der Waals surface area contributed by atoms with E-state index in [1.807, 2.05) is 44.3 Å². The van der Waals surface area contributed by atoms with E-state index in [1.165, 1.54) is 0 Å². The number of hydrogen-bond donors (Lipinski definition) is 2. The van der Waals surface area contributed by atoms with Crippen LogP contribution in [0, 0.1) is 0 Å². The zero-order chi connectivity index (χ0) is 16.7. The van der Waals surface area contributed by atoms with Crippen LogP contribution in [0.3, 0.4) is 0 Å². The average Bonchev–Trinajstić information content (AvgIpc) is 2.97. The van der Waals surface area contributed by atoms with Crippen LogP contribution in [-0.4, -0.2) is 28.8 Å². The third-order valence-electron chi connectivity index (χ3n) is 3.61. The summed E-state index contributed by atoms with van der Waals surface area (Å²) in [4.78, 5) is 12.3. The highest BCUT2D eigenvalue weighted by Crippen LogP contribution is 2.17. The summed E-state index contributed by atoms with van der Waals surface area (Å²) in [6.07, 6.45) is 2.86. The number of nitrogens with one attached hydrogen (secondary N) is 1. The van der Waals surface area contributed by atoms with E-state index < -0.39 is 0 Å². The van der Waals surface area contributed by atoms with Crippen LogP contribution in [0.1, 0.15) is 30.6 Å². The molecule has 6 heteroatoms. The first-order valence-electron chi connectivity index (χ1n) is 7.83. The van der Waals surface area contributed by atoms with Gasteiger partial charge in [-0.1, -0.05) is 19.1 Å². The van der Waals surface area contributed by atoms with Crippen LogP contribution in [0.5, 0.6) is 5.75 Å². The van der Waals surface area contributed by atoms with Crippen LogP contribution in [-0.2, 0) is 18.3 Å². The van der Waals surface area contributed by atoms with E-state index in [0.29, 0.717) is 19.6 Å². The molecule has 0 fully saturated rings. The number of carbonyl (C=O) groups is 1. The number of nitrogens with two attached hydrogens (primary N) is 1. The van der Waals surface area contributed by atoms with Gasteiger partial charge in [0.15, 0.2) is 0 Å². The molecule has 1 amide bonds. The molecule has 0 bridgehead atoms. The van der Waals surface area contributed by atoms with Crippen molar-refractivity contribution in [3.8, 4) is 5.75 Å². The topological polar surface area (TPSA) is 82.2 Å². The molecule has 0 radical (unpaired) electrons. The quantitative estimate of drug-likeness (QED) is 0.774. The number of aromatic nitrogens is 2. The van der Waals surface area contributed by atoms with Gasteiger partial charge in [0.2, 0.25) is 5.91 Å². The van der Waals surface area contributed by atoms with E-state index >= 15 is 0 Å². The Labute approximate surface area is 136 Å². The monoisotopic (exact) mass is 316 g/mol. The van der Waals surface area contributed by atoms with Crippen LogP contribution >= 0.6 is 0 Å². The minimum atomic E-state index is -0.0355. The van der Waals surface area contributed by atoms with E-state index in [9.17, 15) is 4.79 Å². The molecule has 124 valence electrons. The van der Waals surface area contributed by atoms with Crippen molar-refractivity contribution in [2.24, 2.45) is 12.8 Å². The molecule has 1 heterocycles. The second-order valence-electron chi connectivity index (χ2n) is 5.37. The summed E-state index contributed by atoms with van der Waals surface area (Å²) >= 11 is 0. The SMILES string of the molecule is CC[C@H](NC(=O)Cc1cccc(OCCN)c1)c1ccnn1C. The van der Waals surface area contributed by atoms with Crippen molar-refractivity contribution in [3.05, 3.63) is 47.8 Å². The lowest BCUT2D eigenvalue weighted by atomic mass is 10.1. The molecular weight excluding hydrogens is 292 g/mol. The van der Waals surface area contributed by atoms with Crippen LogP contribution in [0.15, 0.2) is 36.5 Å². The molecule has 3 N–H and O–H groups in total. The fourth-order valence-corrected chi connectivity index (χ4v) is 2.46. The van der Waals surface area contributed by atoms with Gasteiger partial charge in [-0.05, 0) is 30.2 Å². The number of ether oxygens (including phenoxy) is 1. The van der Waals surface area contributed by atoms with Gasteiger partial charge < -0.3 is 15.8 Å². The zero-order valence-corrected chi connectivity index (χ0v) is 13.7. The smallest absolute Gasteiger partial charge is 0.224 e. The highest BCUT2D eigenvalue weighted by atomic mass is 16.5. The van der Waals surface area contributed by atoms with Gasteiger partial charge >= 0.3 is 0 Å². The van der Waals surface area contributed by atoms with Gasteiger partial charge in [0.1, 0.15) is 12.4 Å². The summed E-state index contributed by atoms with van der Waals surface area (Å²) in [6.45, 7) is 2.97. The Hall–Kier alpha value is -2.34. The van der Waals surface area contributed by atoms with Crippen molar-refractivity contribution >= 4 is 5.91 Å². The Bertz CT molecular complexity index is 639. The molecule has 1 atom stereocenters. The van der Waals surface area contributed by atoms with E-state index in [-0.39, 0.29) is 11.9 Å². The largest absolute Gasteiger partial charge is 0.492 e. The predicted octanol–water partition coefficient (Wildman–Crippen LogP) is 1.57. The number of carbonyl (C=O) groups excluding carboxylic acids is 1. The minimum Gasteiger partial charge on any atom is -0.492 e. The first kappa shape index (κ1) is 17.0. The molecule has 1 aromatic heterocycles. The van der Waals surface area contributed by atoms with Crippen molar-refractivity contribution in [2.45, 2.75) is 25.8 Å². The molecule has 6 nitrogen and oxygen atoms in total. The first-order valence-corrected chi connectivity index (χ1v) is 7.83. The fraction of sp³-hybridized carbons (Fsp3) is 0.412. The number of amides is 1. The summed E-state index contributed by atoms with van der Waals surface area (Å²) in [5.74, 6) is 0.716. The maximum Gasteiger partial charge on any atom is 0.224 e. The van der Waals surface area contributed by atoms with Crippen molar-refractivity contribution in [3.63, 3.8) is 0 Å². The van der Waals surface area contributed by atoms with E-state index in [1.54, 1.807) is 10.9 Å². The van der Waals surface area contributed by atoms with E-state index in [2.05, 4.69) is 10.4 Å². The van der Waals surface area contributed by atoms with Gasteiger partial charge in [-0.25, -0.2) is 0 Å². The second kappa shape index (κ2) is 8.33. The Morgan fingerprint density at radius 2 is 2.26 bits per heavy atom. The van der Waals surface area contributed by atoms with Gasteiger partial charge in [-0.3, -0.25) is 9.48 Å². The maximum atomic E-state index is 12.3. The van der Waals surface area contributed by atoms with Crippen molar-refractivity contribution in [1.29, 1.82) is 0 Å². The lowest BCUT2D eigenvalue weighted by molar-refractivity contribution is -0.121. The highest BCUT2D eigenvalue weighted by Gasteiger charge is 2.16. The summed E-state index contributed by atoms with van der Waals surface area (Å²) in [6, 6.07) is 9.43. The molecule has 0 aliphatic rings. The number of hydrogen-bond acceptors (Lipinski definition) is 4. The number of aryl methyl sites for hydroxylation is 1. The molecule has 0 saturated carbocycles. The van der Waals surface area contributed by atoms with Crippen LogP contribution < -0.4 is 15.8 Å². The maximum absolute atomic E-state index is 12.3. The molecule has 2 rings (SSSR count). The molecule has 23 heavy (non-hydrogen) atoms. The lowest BCUT2D eigenvalue weighted by Crippen LogP contribution is -2.30.